The molecule has 1 saturated carbocycles. The Morgan fingerprint density at radius 3 is 2.48 bits per heavy atom. The molecule has 1 aliphatic heterocycles. The minimum absolute atomic E-state index is 0. The second kappa shape index (κ2) is 9.50. The van der Waals surface area contributed by atoms with Crippen LogP contribution in [0.5, 0.6) is 11.5 Å². The number of hydrogen-bond acceptors (Lipinski definition) is 3. The zero-order valence-corrected chi connectivity index (χ0v) is 17.8. The molecular weight excluding hydrogens is 429 g/mol. The average molecular weight is 459 g/mol. The summed E-state index contributed by atoms with van der Waals surface area (Å²) < 4.78 is 10.9. The average Bonchev–Trinajstić information content (AvgIpc) is 3.43. The lowest BCUT2D eigenvalue weighted by Gasteiger charge is -2.32. The molecule has 2 aliphatic rings. The first-order valence-electron chi connectivity index (χ1n) is 9.02. The van der Waals surface area contributed by atoms with Gasteiger partial charge < -0.3 is 19.7 Å². The van der Waals surface area contributed by atoms with Crippen LogP contribution >= 0.6 is 24.0 Å². The highest BCUT2D eigenvalue weighted by Gasteiger charge is 2.23. The van der Waals surface area contributed by atoms with E-state index in [9.17, 15) is 0 Å². The molecule has 25 heavy (non-hydrogen) atoms. The topological polar surface area (TPSA) is 46.1 Å². The van der Waals surface area contributed by atoms with E-state index in [-0.39, 0.29) is 24.0 Å². The maximum Gasteiger partial charge on any atom is 0.194 e. The highest BCUT2D eigenvalue weighted by molar-refractivity contribution is 14.0. The highest BCUT2D eigenvalue weighted by atomic mass is 127. The SMILES string of the molecule is CCNC(=NCCC1CC1)N1CCc2cc(OC)c(OC)cc2C1.I. The maximum atomic E-state index is 5.45. The molecule has 0 amide bonds. The predicted molar refractivity (Wildman–Crippen MR) is 112 cm³/mol. The van der Waals surface area contributed by atoms with E-state index in [2.05, 4.69) is 29.3 Å². The standard InChI is InChI=1S/C19H29N3O2.HI/c1-4-20-19(21-9-7-14-5-6-14)22-10-8-15-11-17(23-2)18(24-3)12-16(15)13-22;/h11-12,14H,4-10,13H2,1-3H3,(H,20,21);1H. The van der Waals surface area contributed by atoms with Crippen LogP contribution in [0.1, 0.15) is 37.3 Å². The summed E-state index contributed by atoms with van der Waals surface area (Å²) in [5, 5.41) is 3.45. The lowest BCUT2D eigenvalue weighted by atomic mass is 9.99. The summed E-state index contributed by atoms with van der Waals surface area (Å²) in [4.78, 5) is 7.19. The molecule has 5 nitrogen and oxygen atoms in total. The van der Waals surface area contributed by atoms with Gasteiger partial charge in [-0.15, -0.1) is 24.0 Å². The molecule has 0 saturated heterocycles. The molecular formula is C19H30IN3O2. The van der Waals surface area contributed by atoms with Crippen LogP contribution in [0.15, 0.2) is 17.1 Å². The van der Waals surface area contributed by atoms with E-state index >= 15 is 0 Å². The fraction of sp³-hybridized carbons (Fsp3) is 0.632. The highest BCUT2D eigenvalue weighted by Crippen LogP contribution is 2.34. The largest absolute Gasteiger partial charge is 0.493 e. The molecule has 1 fully saturated rings. The molecule has 1 aromatic rings. The molecule has 1 aromatic carbocycles. The minimum Gasteiger partial charge on any atom is -0.493 e. The number of rotatable bonds is 6. The third-order valence-electron chi connectivity index (χ3n) is 4.85. The summed E-state index contributed by atoms with van der Waals surface area (Å²) in [5.74, 6) is 3.58. The van der Waals surface area contributed by atoms with Gasteiger partial charge in [0.15, 0.2) is 17.5 Å². The molecule has 1 aliphatic carbocycles. The van der Waals surface area contributed by atoms with Crippen molar-refractivity contribution in [2.24, 2.45) is 10.9 Å². The predicted octanol–water partition coefficient (Wildman–Crippen LogP) is 3.45. The molecule has 140 valence electrons. The fourth-order valence-corrected chi connectivity index (χ4v) is 3.25. The van der Waals surface area contributed by atoms with Gasteiger partial charge in [0.25, 0.3) is 0 Å². The smallest absolute Gasteiger partial charge is 0.194 e. The van der Waals surface area contributed by atoms with Gasteiger partial charge in [0.1, 0.15) is 0 Å². The van der Waals surface area contributed by atoms with Crippen LogP contribution in [-0.2, 0) is 13.0 Å². The Morgan fingerprint density at radius 1 is 1.20 bits per heavy atom. The van der Waals surface area contributed by atoms with Crippen molar-refractivity contribution in [3.8, 4) is 11.5 Å². The number of nitrogens with zero attached hydrogens (tertiary/aromatic N) is 2. The molecule has 0 atom stereocenters. The number of halogens is 1. The van der Waals surface area contributed by atoms with E-state index in [0.717, 1.165) is 56.0 Å². The van der Waals surface area contributed by atoms with Gasteiger partial charge in [0, 0.05) is 26.2 Å². The summed E-state index contributed by atoms with van der Waals surface area (Å²) >= 11 is 0. The van der Waals surface area contributed by atoms with E-state index < -0.39 is 0 Å². The van der Waals surface area contributed by atoms with E-state index in [0.29, 0.717) is 0 Å². The van der Waals surface area contributed by atoms with Gasteiger partial charge in [-0.2, -0.15) is 0 Å². The molecule has 6 heteroatoms. The van der Waals surface area contributed by atoms with Crippen LogP contribution in [0.3, 0.4) is 0 Å². The maximum absolute atomic E-state index is 5.45. The van der Waals surface area contributed by atoms with E-state index in [1.54, 1.807) is 14.2 Å². The second-order valence-electron chi connectivity index (χ2n) is 6.62. The van der Waals surface area contributed by atoms with Crippen molar-refractivity contribution >= 4 is 29.9 Å². The summed E-state index contributed by atoms with van der Waals surface area (Å²) in [7, 11) is 3.38. The lowest BCUT2D eigenvalue weighted by molar-refractivity contribution is 0.346. The lowest BCUT2D eigenvalue weighted by Crippen LogP contribution is -2.44. The molecule has 0 radical (unpaired) electrons. The first-order valence-corrected chi connectivity index (χ1v) is 9.02. The second-order valence-corrected chi connectivity index (χ2v) is 6.62. The summed E-state index contributed by atoms with van der Waals surface area (Å²) in [6.45, 7) is 5.81. The molecule has 0 aromatic heterocycles. The number of benzene rings is 1. The van der Waals surface area contributed by atoms with E-state index in [4.69, 9.17) is 14.5 Å². The number of guanidine groups is 1. The molecule has 0 unspecified atom stereocenters. The summed E-state index contributed by atoms with van der Waals surface area (Å²) in [6.07, 6.45) is 5.02. The van der Waals surface area contributed by atoms with Crippen molar-refractivity contribution in [1.29, 1.82) is 0 Å². The number of hydrogen-bond donors (Lipinski definition) is 1. The van der Waals surface area contributed by atoms with Crippen LogP contribution in [0.25, 0.3) is 0 Å². The molecule has 3 rings (SSSR count). The Morgan fingerprint density at radius 2 is 1.88 bits per heavy atom. The first-order chi connectivity index (χ1) is 11.7. The van der Waals surface area contributed by atoms with Crippen molar-refractivity contribution in [1.82, 2.24) is 10.2 Å². The molecule has 0 bridgehead atoms. The van der Waals surface area contributed by atoms with E-state index in [1.807, 2.05) is 0 Å². The number of ether oxygens (including phenoxy) is 2. The van der Waals surface area contributed by atoms with Crippen molar-refractivity contribution in [3.05, 3.63) is 23.3 Å². The van der Waals surface area contributed by atoms with Crippen molar-refractivity contribution in [2.75, 3.05) is 33.9 Å². The zero-order valence-electron chi connectivity index (χ0n) is 15.5. The van der Waals surface area contributed by atoms with Gasteiger partial charge in [0.2, 0.25) is 0 Å². The Bertz CT molecular complexity index is 603. The fourth-order valence-electron chi connectivity index (χ4n) is 3.25. The normalized spacial score (nSPS) is 16.8. The molecule has 1 N–H and O–H groups in total. The van der Waals surface area contributed by atoms with Crippen LogP contribution in [0, 0.1) is 5.92 Å². The number of fused-ring (bicyclic) bond motifs is 1. The van der Waals surface area contributed by atoms with Crippen LogP contribution in [-0.4, -0.2) is 44.7 Å². The van der Waals surface area contributed by atoms with Gasteiger partial charge >= 0.3 is 0 Å². The van der Waals surface area contributed by atoms with Gasteiger partial charge in [-0.25, -0.2) is 0 Å². The Hall–Kier alpha value is -1.18. The zero-order chi connectivity index (χ0) is 16.9. The van der Waals surface area contributed by atoms with Gasteiger partial charge in [-0.05, 0) is 48.9 Å². The first kappa shape index (κ1) is 20.1. The summed E-state index contributed by atoms with van der Waals surface area (Å²) in [5.41, 5.74) is 2.64. The van der Waals surface area contributed by atoms with Gasteiger partial charge in [-0.3, -0.25) is 4.99 Å². The number of nitrogens with one attached hydrogen (secondary N) is 1. The Kier molecular flexibility index (Phi) is 7.65. The Labute approximate surface area is 168 Å². The quantitative estimate of drug-likeness (QED) is 0.402. The molecule has 1 heterocycles. The van der Waals surface area contributed by atoms with E-state index in [1.165, 1.54) is 30.4 Å². The third-order valence-corrected chi connectivity index (χ3v) is 4.85. The van der Waals surface area contributed by atoms with Crippen LogP contribution in [0.2, 0.25) is 0 Å². The third kappa shape index (κ3) is 5.15. The summed E-state index contributed by atoms with van der Waals surface area (Å²) in [6, 6.07) is 4.22. The minimum atomic E-state index is 0. The van der Waals surface area contributed by atoms with Crippen molar-refractivity contribution in [2.45, 2.75) is 39.2 Å². The molecule has 0 spiro atoms. The monoisotopic (exact) mass is 459 g/mol. The van der Waals surface area contributed by atoms with Crippen molar-refractivity contribution < 1.29 is 9.47 Å². The van der Waals surface area contributed by atoms with Crippen LogP contribution in [0.4, 0.5) is 0 Å². The van der Waals surface area contributed by atoms with Gasteiger partial charge in [-0.1, -0.05) is 12.8 Å². The number of methoxy groups -OCH3 is 2. The van der Waals surface area contributed by atoms with Crippen LogP contribution < -0.4 is 14.8 Å². The number of aliphatic imine (C=N–C) groups is 1. The Balaban J connectivity index is 0.00000225. The van der Waals surface area contributed by atoms with Gasteiger partial charge in [0.05, 0.1) is 14.2 Å². The van der Waals surface area contributed by atoms with Crippen molar-refractivity contribution in [3.63, 3.8) is 0 Å².